The van der Waals surface area contributed by atoms with E-state index in [1.807, 2.05) is 6.07 Å². The van der Waals surface area contributed by atoms with Crippen LogP contribution in [-0.4, -0.2) is 24.5 Å². The number of nitro benzene ring substituents is 1. The number of benzene rings is 2. The lowest BCUT2D eigenvalue weighted by atomic mass is 10.1. The molecule has 2 aromatic rings. The Bertz CT molecular complexity index is 781. The van der Waals surface area contributed by atoms with Crippen molar-refractivity contribution in [2.75, 3.05) is 13.7 Å². The van der Waals surface area contributed by atoms with Crippen LogP contribution in [0.4, 0.5) is 5.69 Å². The van der Waals surface area contributed by atoms with Gasteiger partial charge in [0.2, 0.25) is 0 Å². The van der Waals surface area contributed by atoms with Crippen molar-refractivity contribution in [3.05, 3.63) is 67.7 Å². The molecule has 0 atom stereocenters. The quantitative estimate of drug-likeness (QED) is 0.619. The molecule has 24 heavy (non-hydrogen) atoms. The monoisotopic (exact) mass is 368 g/mol. The minimum absolute atomic E-state index is 0.0993. The molecule has 1 N–H and O–H groups in total. The van der Waals surface area contributed by atoms with Crippen LogP contribution in [0.15, 0.2) is 36.4 Å². The molecule has 0 heterocycles. The van der Waals surface area contributed by atoms with E-state index in [1.165, 1.54) is 25.3 Å². The van der Waals surface area contributed by atoms with Crippen molar-refractivity contribution < 1.29 is 14.5 Å². The minimum atomic E-state index is -0.596. The average Bonchev–Trinajstić information content (AvgIpc) is 2.57. The number of ether oxygens (including phenoxy) is 1. The lowest BCUT2D eigenvalue weighted by molar-refractivity contribution is -0.385. The number of halogens is 2. The molecule has 0 aliphatic heterocycles. The molecular formula is C16H14Cl2N2O4. The molecule has 6 nitrogen and oxygen atoms in total. The molecule has 0 fully saturated rings. The van der Waals surface area contributed by atoms with Crippen molar-refractivity contribution in [1.82, 2.24) is 5.32 Å². The van der Waals surface area contributed by atoms with Gasteiger partial charge in [0, 0.05) is 18.2 Å². The van der Waals surface area contributed by atoms with Crippen molar-refractivity contribution in [3.63, 3.8) is 0 Å². The number of nitrogens with one attached hydrogen (secondary N) is 1. The van der Waals surface area contributed by atoms with Gasteiger partial charge in [0.15, 0.2) is 5.75 Å². The first-order valence-electron chi connectivity index (χ1n) is 6.97. The normalized spacial score (nSPS) is 10.3. The predicted molar refractivity (Wildman–Crippen MR) is 92.1 cm³/mol. The van der Waals surface area contributed by atoms with E-state index in [-0.39, 0.29) is 17.0 Å². The van der Waals surface area contributed by atoms with Gasteiger partial charge in [-0.15, -0.1) is 0 Å². The highest BCUT2D eigenvalue weighted by molar-refractivity contribution is 6.42. The number of carbonyl (C=O) groups excluding carboxylic acids is 1. The highest BCUT2D eigenvalue weighted by Crippen LogP contribution is 2.28. The summed E-state index contributed by atoms with van der Waals surface area (Å²) in [6.45, 7) is 0.318. The van der Waals surface area contributed by atoms with Crippen LogP contribution in [-0.2, 0) is 6.42 Å². The summed E-state index contributed by atoms with van der Waals surface area (Å²) in [4.78, 5) is 22.5. The third-order valence-corrected chi connectivity index (χ3v) is 4.21. The third-order valence-electron chi connectivity index (χ3n) is 3.35. The summed E-state index contributed by atoms with van der Waals surface area (Å²) in [7, 11) is 1.33. The highest BCUT2D eigenvalue weighted by atomic mass is 35.5. The molecule has 0 saturated carbocycles. The van der Waals surface area contributed by atoms with Crippen LogP contribution in [0.5, 0.6) is 5.75 Å². The zero-order valence-corrected chi connectivity index (χ0v) is 14.2. The Balaban J connectivity index is 2.04. The van der Waals surface area contributed by atoms with Gasteiger partial charge >= 0.3 is 5.69 Å². The SMILES string of the molecule is COc1ccc(C(=O)NCCc2cccc(Cl)c2Cl)cc1[N+](=O)[O-]. The summed E-state index contributed by atoms with van der Waals surface area (Å²) in [5.41, 5.74) is 0.730. The van der Waals surface area contributed by atoms with Crippen molar-refractivity contribution >= 4 is 34.8 Å². The molecule has 2 aromatic carbocycles. The Morgan fingerprint density at radius 2 is 2.04 bits per heavy atom. The second-order valence-electron chi connectivity index (χ2n) is 4.86. The van der Waals surface area contributed by atoms with E-state index in [0.717, 1.165) is 5.56 Å². The molecule has 126 valence electrons. The first kappa shape index (κ1) is 18.0. The molecule has 0 aromatic heterocycles. The lowest BCUT2D eigenvalue weighted by Crippen LogP contribution is -2.25. The summed E-state index contributed by atoms with van der Waals surface area (Å²) in [5, 5.41) is 14.6. The third kappa shape index (κ3) is 4.15. The maximum absolute atomic E-state index is 12.1. The standard InChI is InChI=1S/C16H14Cl2N2O4/c1-24-14-6-5-11(9-13(14)20(22)23)16(21)19-8-7-10-3-2-4-12(17)15(10)18/h2-6,9H,7-8H2,1H3,(H,19,21). The van der Waals surface area contributed by atoms with E-state index < -0.39 is 10.8 Å². The summed E-state index contributed by atoms with van der Waals surface area (Å²) in [6.07, 6.45) is 0.489. The molecular weight excluding hydrogens is 355 g/mol. The number of amides is 1. The maximum Gasteiger partial charge on any atom is 0.311 e. The molecule has 1 amide bonds. The van der Waals surface area contributed by atoms with Gasteiger partial charge in [0.25, 0.3) is 5.91 Å². The van der Waals surface area contributed by atoms with Gasteiger partial charge in [-0.1, -0.05) is 35.3 Å². The number of hydrogen-bond acceptors (Lipinski definition) is 4. The average molecular weight is 369 g/mol. The Morgan fingerprint density at radius 1 is 1.29 bits per heavy atom. The molecule has 2 rings (SSSR count). The summed E-state index contributed by atoms with van der Waals surface area (Å²) < 4.78 is 4.90. The second kappa shape index (κ2) is 7.99. The number of nitro groups is 1. The zero-order valence-electron chi connectivity index (χ0n) is 12.7. The zero-order chi connectivity index (χ0) is 17.7. The number of hydrogen-bond donors (Lipinski definition) is 1. The summed E-state index contributed by atoms with van der Waals surface area (Å²) >= 11 is 12.0. The van der Waals surface area contributed by atoms with Gasteiger partial charge in [0.05, 0.1) is 22.1 Å². The first-order chi connectivity index (χ1) is 11.4. The number of carbonyl (C=O) groups is 1. The topological polar surface area (TPSA) is 81.5 Å². The second-order valence-corrected chi connectivity index (χ2v) is 5.65. The van der Waals surface area contributed by atoms with Gasteiger partial charge in [-0.2, -0.15) is 0 Å². The summed E-state index contributed by atoms with van der Waals surface area (Å²) in [5.74, 6) is -0.318. The van der Waals surface area contributed by atoms with E-state index in [9.17, 15) is 14.9 Å². The van der Waals surface area contributed by atoms with Crippen LogP contribution in [0.1, 0.15) is 15.9 Å². The van der Waals surface area contributed by atoms with E-state index in [1.54, 1.807) is 12.1 Å². The van der Waals surface area contributed by atoms with E-state index in [4.69, 9.17) is 27.9 Å². The maximum atomic E-state index is 12.1. The fourth-order valence-corrected chi connectivity index (χ4v) is 2.54. The van der Waals surface area contributed by atoms with E-state index in [0.29, 0.717) is 23.0 Å². The lowest BCUT2D eigenvalue weighted by Gasteiger charge is -2.08. The van der Waals surface area contributed by atoms with Gasteiger partial charge in [-0.25, -0.2) is 0 Å². The largest absolute Gasteiger partial charge is 0.490 e. The number of nitrogens with zero attached hydrogens (tertiary/aromatic N) is 1. The van der Waals surface area contributed by atoms with Gasteiger partial charge in [-0.05, 0) is 30.2 Å². The predicted octanol–water partition coefficient (Wildman–Crippen LogP) is 3.88. The first-order valence-corrected chi connectivity index (χ1v) is 7.73. The fraction of sp³-hybridized carbons (Fsp3) is 0.188. The summed E-state index contributed by atoms with van der Waals surface area (Å²) in [6, 6.07) is 9.31. The van der Waals surface area contributed by atoms with E-state index >= 15 is 0 Å². The van der Waals surface area contributed by atoms with Crippen LogP contribution in [0.2, 0.25) is 10.0 Å². The molecule has 0 spiro atoms. The Labute approximate surface area is 148 Å². The molecule has 0 aliphatic rings. The molecule has 0 unspecified atom stereocenters. The molecule has 0 aliphatic carbocycles. The highest BCUT2D eigenvalue weighted by Gasteiger charge is 2.18. The Kier molecular flexibility index (Phi) is 6.00. The van der Waals surface area contributed by atoms with Crippen LogP contribution in [0.25, 0.3) is 0 Å². The van der Waals surface area contributed by atoms with Gasteiger partial charge < -0.3 is 10.1 Å². The number of methoxy groups -OCH3 is 1. The molecule has 8 heteroatoms. The van der Waals surface area contributed by atoms with Crippen molar-refractivity contribution in [3.8, 4) is 5.75 Å². The van der Waals surface area contributed by atoms with E-state index in [2.05, 4.69) is 5.32 Å². The fourth-order valence-electron chi connectivity index (χ4n) is 2.13. The smallest absolute Gasteiger partial charge is 0.311 e. The van der Waals surface area contributed by atoms with Crippen LogP contribution in [0, 0.1) is 10.1 Å². The Morgan fingerprint density at radius 3 is 2.71 bits per heavy atom. The minimum Gasteiger partial charge on any atom is -0.490 e. The van der Waals surface area contributed by atoms with Crippen molar-refractivity contribution in [1.29, 1.82) is 0 Å². The Hall–Kier alpha value is -2.31. The van der Waals surface area contributed by atoms with Crippen LogP contribution < -0.4 is 10.1 Å². The van der Waals surface area contributed by atoms with Gasteiger partial charge in [-0.3, -0.25) is 14.9 Å². The van der Waals surface area contributed by atoms with Gasteiger partial charge in [0.1, 0.15) is 0 Å². The van der Waals surface area contributed by atoms with Crippen molar-refractivity contribution in [2.45, 2.75) is 6.42 Å². The van der Waals surface area contributed by atoms with Crippen molar-refractivity contribution in [2.24, 2.45) is 0 Å². The molecule has 0 saturated heterocycles. The number of rotatable bonds is 6. The van der Waals surface area contributed by atoms with Crippen LogP contribution >= 0.6 is 23.2 Å². The molecule has 0 radical (unpaired) electrons. The van der Waals surface area contributed by atoms with Crippen LogP contribution in [0.3, 0.4) is 0 Å². The molecule has 0 bridgehead atoms.